The van der Waals surface area contributed by atoms with Crippen molar-refractivity contribution in [2.24, 2.45) is 5.73 Å². The highest BCUT2D eigenvalue weighted by Crippen LogP contribution is 2.29. The van der Waals surface area contributed by atoms with Crippen LogP contribution in [0.4, 0.5) is 0 Å². The minimum atomic E-state index is 0.521. The highest BCUT2D eigenvalue weighted by atomic mass is 15.1. The average Bonchev–Trinajstić information content (AvgIpc) is 2.87. The maximum atomic E-state index is 5.99. The minimum Gasteiger partial charge on any atom is -0.328 e. The van der Waals surface area contributed by atoms with Gasteiger partial charge in [-0.25, -0.2) is 4.98 Å². The second-order valence-corrected chi connectivity index (χ2v) is 5.43. The van der Waals surface area contributed by atoms with Crippen molar-refractivity contribution in [3.05, 3.63) is 64.8 Å². The van der Waals surface area contributed by atoms with E-state index in [4.69, 9.17) is 5.73 Å². The molecule has 1 aliphatic heterocycles. The Balaban J connectivity index is 2.07. The lowest BCUT2D eigenvalue weighted by Crippen LogP contribution is -2.06. The second kappa shape index (κ2) is 5.70. The number of aromatic nitrogens is 2. The number of nitrogens with two attached hydrogens (primary N) is 1. The minimum absolute atomic E-state index is 0.521. The lowest BCUT2D eigenvalue weighted by molar-refractivity contribution is 0.813. The van der Waals surface area contributed by atoms with Crippen molar-refractivity contribution in [1.29, 1.82) is 0 Å². The molecule has 0 aliphatic carbocycles. The molecule has 0 saturated heterocycles. The van der Waals surface area contributed by atoms with Crippen molar-refractivity contribution in [2.45, 2.75) is 26.8 Å². The predicted molar refractivity (Wildman–Crippen MR) is 87.8 cm³/mol. The number of allylic oxidation sites excluding steroid dienone is 1. The Morgan fingerprint density at radius 2 is 2.19 bits per heavy atom. The first-order chi connectivity index (χ1) is 10.2. The van der Waals surface area contributed by atoms with E-state index in [1.54, 1.807) is 0 Å². The Labute approximate surface area is 125 Å². The van der Waals surface area contributed by atoms with Crippen molar-refractivity contribution in [2.75, 3.05) is 6.54 Å². The van der Waals surface area contributed by atoms with Crippen LogP contribution >= 0.6 is 0 Å². The molecule has 0 spiro atoms. The summed E-state index contributed by atoms with van der Waals surface area (Å²) in [6, 6.07) is 6.70. The maximum absolute atomic E-state index is 5.99. The molecule has 1 aromatic heterocycles. The van der Waals surface area contributed by atoms with Gasteiger partial charge in [0.25, 0.3) is 0 Å². The smallest absolute Gasteiger partial charge is 0.133 e. The lowest BCUT2D eigenvalue weighted by atomic mass is 9.92. The van der Waals surface area contributed by atoms with Gasteiger partial charge < -0.3 is 10.3 Å². The van der Waals surface area contributed by atoms with Gasteiger partial charge in [0, 0.05) is 25.5 Å². The molecule has 0 amide bonds. The van der Waals surface area contributed by atoms with Crippen LogP contribution in [0, 0.1) is 6.92 Å². The summed E-state index contributed by atoms with van der Waals surface area (Å²) in [7, 11) is 0. The number of hydrogen-bond donors (Lipinski definition) is 1. The fraction of sp³-hybridized carbons (Fsp3) is 0.278. The van der Waals surface area contributed by atoms with Crippen molar-refractivity contribution in [3.8, 4) is 0 Å². The van der Waals surface area contributed by atoms with E-state index >= 15 is 0 Å². The first kappa shape index (κ1) is 13.8. The Morgan fingerprint density at radius 1 is 1.33 bits per heavy atom. The molecule has 0 radical (unpaired) electrons. The second-order valence-electron chi connectivity index (χ2n) is 5.43. The molecule has 21 heavy (non-hydrogen) atoms. The Bertz CT molecular complexity index is 720. The van der Waals surface area contributed by atoms with Gasteiger partial charge in [0.05, 0.1) is 0 Å². The molecule has 3 nitrogen and oxygen atoms in total. The summed E-state index contributed by atoms with van der Waals surface area (Å²) in [5, 5.41) is 0. The summed E-state index contributed by atoms with van der Waals surface area (Å²) in [4.78, 5) is 4.39. The highest BCUT2D eigenvalue weighted by Gasteiger charge is 2.14. The fourth-order valence-corrected chi connectivity index (χ4v) is 2.87. The van der Waals surface area contributed by atoms with Crippen LogP contribution in [0.15, 0.2) is 42.2 Å². The molecule has 0 unspecified atom stereocenters. The van der Waals surface area contributed by atoms with Gasteiger partial charge in [0.15, 0.2) is 0 Å². The summed E-state index contributed by atoms with van der Waals surface area (Å²) in [5.41, 5.74) is 12.3. The number of imidazole rings is 1. The molecule has 0 atom stereocenters. The van der Waals surface area contributed by atoms with E-state index in [9.17, 15) is 0 Å². The zero-order chi connectivity index (χ0) is 14.8. The van der Waals surface area contributed by atoms with Crippen LogP contribution < -0.4 is 5.73 Å². The number of aryl methyl sites for hydroxylation is 2. The third kappa shape index (κ3) is 2.57. The molecule has 2 aromatic rings. The first-order valence-corrected chi connectivity index (χ1v) is 7.45. The van der Waals surface area contributed by atoms with E-state index < -0.39 is 0 Å². The fourth-order valence-electron chi connectivity index (χ4n) is 2.87. The van der Waals surface area contributed by atoms with Gasteiger partial charge in [0.2, 0.25) is 0 Å². The first-order valence-electron chi connectivity index (χ1n) is 7.45. The van der Waals surface area contributed by atoms with Gasteiger partial charge in [-0.05, 0) is 47.3 Å². The molecule has 0 saturated carbocycles. The van der Waals surface area contributed by atoms with Crippen LogP contribution in [0.1, 0.15) is 29.4 Å². The van der Waals surface area contributed by atoms with Gasteiger partial charge in [-0.2, -0.15) is 0 Å². The predicted octanol–water partition coefficient (Wildman–Crippen LogP) is 3.19. The highest BCUT2D eigenvalue weighted by molar-refractivity contribution is 5.86. The molecule has 0 bridgehead atoms. The zero-order valence-electron chi connectivity index (χ0n) is 12.6. The van der Waals surface area contributed by atoms with Crippen molar-refractivity contribution < 1.29 is 0 Å². The summed E-state index contributed by atoms with van der Waals surface area (Å²) >= 11 is 0. The van der Waals surface area contributed by atoms with E-state index in [0.717, 1.165) is 24.4 Å². The average molecular weight is 279 g/mol. The van der Waals surface area contributed by atoms with Crippen LogP contribution in [0.25, 0.3) is 11.6 Å². The SMILES string of the molecule is CCc1ccc(C2=CCn3ccnc3C=C2CN)c(C)c1. The maximum Gasteiger partial charge on any atom is 0.133 e. The summed E-state index contributed by atoms with van der Waals surface area (Å²) in [6.45, 7) is 5.71. The van der Waals surface area contributed by atoms with E-state index in [0.29, 0.717) is 6.54 Å². The summed E-state index contributed by atoms with van der Waals surface area (Å²) < 4.78 is 2.14. The van der Waals surface area contributed by atoms with Gasteiger partial charge in [-0.3, -0.25) is 0 Å². The molecular weight excluding hydrogens is 258 g/mol. The van der Waals surface area contributed by atoms with E-state index in [1.807, 2.05) is 12.4 Å². The molecule has 3 rings (SSSR count). The van der Waals surface area contributed by atoms with E-state index in [-0.39, 0.29) is 0 Å². The quantitative estimate of drug-likeness (QED) is 0.937. The van der Waals surface area contributed by atoms with Crippen LogP contribution in [0.5, 0.6) is 0 Å². The monoisotopic (exact) mass is 279 g/mol. The Morgan fingerprint density at radius 3 is 2.90 bits per heavy atom. The van der Waals surface area contributed by atoms with Gasteiger partial charge >= 0.3 is 0 Å². The topological polar surface area (TPSA) is 43.8 Å². The van der Waals surface area contributed by atoms with Crippen LogP contribution in [0.3, 0.4) is 0 Å². The van der Waals surface area contributed by atoms with Crippen molar-refractivity contribution in [1.82, 2.24) is 9.55 Å². The Hall–Kier alpha value is -2.13. The van der Waals surface area contributed by atoms with Gasteiger partial charge in [-0.1, -0.05) is 31.2 Å². The molecule has 3 heteroatoms. The third-order valence-electron chi connectivity index (χ3n) is 4.10. The Kier molecular flexibility index (Phi) is 3.76. The van der Waals surface area contributed by atoms with Crippen molar-refractivity contribution in [3.63, 3.8) is 0 Å². The van der Waals surface area contributed by atoms with E-state index in [1.165, 1.54) is 22.3 Å². The van der Waals surface area contributed by atoms with Gasteiger partial charge in [0.1, 0.15) is 5.82 Å². The number of nitrogens with zero attached hydrogens (tertiary/aromatic N) is 2. The van der Waals surface area contributed by atoms with Gasteiger partial charge in [-0.15, -0.1) is 0 Å². The van der Waals surface area contributed by atoms with Crippen LogP contribution in [0.2, 0.25) is 0 Å². The zero-order valence-corrected chi connectivity index (χ0v) is 12.6. The number of hydrogen-bond acceptors (Lipinski definition) is 2. The molecule has 2 heterocycles. The number of rotatable bonds is 3. The normalized spacial score (nSPS) is 14.2. The standard InChI is InChI=1S/C18H21N3/c1-3-14-4-5-16(13(2)10-14)17-6-8-21-9-7-20-18(21)11-15(17)12-19/h4-7,9-11H,3,8,12,19H2,1-2H3. The molecule has 0 fully saturated rings. The summed E-state index contributed by atoms with van der Waals surface area (Å²) in [5.74, 6) is 0.976. The third-order valence-corrected chi connectivity index (χ3v) is 4.10. The summed E-state index contributed by atoms with van der Waals surface area (Å²) in [6.07, 6.45) is 9.26. The molecular formula is C18H21N3. The lowest BCUT2D eigenvalue weighted by Gasteiger charge is -2.13. The molecule has 2 N–H and O–H groups in total. The van der Waals surface area contributed by atoms with Crippen LogP contribution in [-0.4, -0.2) is 16.1 Å². The van der Waals surface area contributed by atoms with Crippen LogP contribution in [-0.2, 0) is 13.0 Å². The molecule has 1 aliphatic rings. The van der Waals surface area contributed by atoms with Crippen molar-refractivity contribution >= 4 is 11.6 Å². The molecule has 108 valence electrons. The molecule has 1 aromatic carbocycles. The number of benzene rings is 1. The number of fused-ring (bicyclic) bond motifs is 1. The largest absolute Gasteiger partial charge is 0.328 e. The van der Waals surface area contributed by atoms with E-state index in [2.05, 4.69) is 53.7 Å².